The van der Waals surface area contributed by atoms with E-state index < -0.39 is 0 Å². The maximum Gasteiger partial charge on any atom is 0.230 e. The van der Waals surface area contributed by atoms with Gasteiger partial charge in [-0.1, -0.05) is 62.9 Å². The summed E-state index contributed by atoms with van der Waals surface area (Å²) >= 11 is 1.39. The summed E-state index contributed by atoms with van der Waals surface area (Å²) in [6.07, 6.45) is 1.81. The molecule has 2 rings (SSSR count). The van der Waals surface area contributed by atoms with Gasteiger partial charge in [0, 0.05) is 18.2 Å². The maximum absolute atomic E-state index is 11.9. The third kappa shape index (κ3) is 5.21. The second-order valence-electron chi connectivity index (χ2n) is 7.54. The molecule has 1 aromatic heterocycles. The molecule has 0 saturated carbocycles. The van der Waals surface area contributed by atoms with E-state index in [-0.39, 0.29) is 17.4 Å². The van der Waals surface area contributed by atoms with E-state index in [0.29, 0.717) is 12.3 Å². The molecule has 0 unspecified atom stereocenters. The number of nitrogens with one attached hydrogen (secondary N) is 1. The summed E-state index contributed by atoms with van der Waals surface area (Å²) in [6, 6.07) is 8.54. The second-order valence-corrected chi connectivity index (χ2v) is 8.49. The van der Waals surface area contributed by atoms with E-state index >= 15 is 0 Å². The van der Waals surface area contributed by atoms with Crippen molar-refractivity contribution in [1.82, 2.24) is 20.1 Å². The van der Waals surface area contributed by atoms with Crippen LogP contribution in [-0.2, 0) is 16.8 Å². The van der Waals surface area contributed by atoms with E-state index in [1.807, 2.05) is 24.5 Å². The Labute approximate surface area is 160 Å². The van der Waals surface area contributed by atoms with Gasteiger partial charge in [-0.3, -0.25) is 9.36 Å². The Hall–Kier alpha value is -2.08. The highest BCUT2D eigenvalue weighted by Crippen LogP contribution is 2.27. The van der Waals surface area contributed by atoms with Crippen molar-refractivity contribution in [2.45, 2.75) is 57.8 Å². The Morgan fingerprint density at radius 3 is 2.46 bits per heavy atom. The van der Waals surface area contributed by atoms with Crippen molar-refractivity contribution in [2.24, 2.45) is 0 Å². The Morgan fingerprint density at radius 2 is 1.92 bits per heavy atom. The molecule has 1 heterocycles. The summed E-state index contributed by atoms with van der Waals surface area (Å²) in [6.45, 7) is 14.9. The molecule has 0 aliphatic carbocycles. The van der Waals surface area contributed by atoms with Crippen molar-refractivity contribution < 1.29 is 4.79 Å². The van der Waals surface area contributed by atoms with Crippen LogP contribution in [-0.4, -0.2) is 32.5 Å². The van der Waals surface area contributed by atoms with Crippen LogP contribution in [0.4, 0.5) is 0 Å². The molecule has 0 aliphatic heterocycles. The molecule has 1 aromatic carbocycles. The molecular formula is C20H28N4OS. The number of benzene rings is 1. The fourth-order valence-electron chi connectivity index (χ4n) is 2.52. The smallest absolute Gasteiger partial charge is 0.230 e. The first-order valence-corrected chi connectivity index (χ1v) is 9.78. The van der Waals surface area contributed by atoms with Gasteiger partial charge < -0.3 is 5.32 Å². The van der Waals surface area contributed by atoms with Gasteiger partial charge in [-0.15, -0.1) is 16.8 Å². The average molecular weight is 373 g/mol. The lowest BCUT2D eigenvalue weighted by molar-refractivity contribution is -0.119. The predicted molar refractivity (Wildman–Crippen MR) is 108 cm³/mol. The van der Waals surface area contributed by atoms with E-state index in [1.54, 1.807) is 0 Å². The van der Waals surface area contributed by atoms with E-state index in [4.69, 9.17) is 0 Å². The molecule has 0 aliphatic rings. The SMILES string of the molecule is C=CCn1c(SCC(=O)NC(C)C)nnc1-c1ccc(C(C)(C)C)cc1. The third-order valence-corrected chi connectivity index (χ3v) is 4.79. The molecule has 0 atom stereocenters. The average Bonchev–Trinajstić information content (AvgIpc) is 2.95. The molecule has 0 spiro atoms. The summed E-state index contributed by atoms with van der Waals surface area (Å²) in [5.41, 5.74) is 2.39. The molecule has 2 aromatic rings. The molecule has 26 heavy (non-hydrogen) atoms. The van der Waals surface area contributed by atoms with Crippen molar-refractivity contribution in [1.29, 1.82) is 0 Å². The molecular weight excluding hydrogens is 344 g/mol. The minimum absolute atomic E-state index is 0.00534. The topological polar surface area (TPSA) is 59.8 Å². The standard InChI is InChI=1S/C20H28N4OS/c1-7-12-24-18(15-8-10-16(11-9-15)20(4,5)6)22-23-19(24)26-13-17(25)21-14(2)3/h7-11,14H,1,12-13H2,2-6H3,(H,21,25). The number of thioether (sulfide) groups is 1. The Morgan fingerprint density at radius 1 is 1.27 bits per heavy atom. The molecule has 5 nitrogen and oxygen atoms in total. The van der Waals surface area contributed by atoms with Gasteiger partial charge >= 0.3 is 0 Å². The first-order chi connectivity index (χ1) is 12.2. The van der Waals surface area contributed by atoms with Gasteiger partial charge in [0.2, 0.25) is 5.91 Å². The number of nitrogens with zero attached hydrogens (tertiary/aromatic N) is 3. The van der Waals surface area contributed by atoms with Crippen LogP contribution in [0.5, 0.6) is 0 Å². The van der Waals surface area contributed by atoms with Crippen molar-refractivity contribution in [2.75, 3.05) is 5.75 Å². The van der Waals surface area contributed by atoms with Gasteiger partial charge in [0.15, 0.2) is 11.0 Å². The van der Waals surface area contributed by atoms with Crippen molar-refractivity contribution in [3.63, 3.8) is 0 Å². The maximum atomic E-state index is 11.9. The normalized spacial score (nSPS) is 11.6. The number of rotatable bonds is 7. The number of aromatic nitrogens is 3. The lowest BCUT2D eigenvalue weighted by atomic mass is 9.87. The van der Waals surface area contributed by atoms with Gasteiger partial charge in [-0.05, 0) is 24.8 Å². The monoisotopic (exact) mass is 372 g/mol. The van der Waals surface area contributed by atoms with Crippen LogP contribution in [0.3, 0.4) is 0 Å². The molecule has 1 amide bonds. The van der Waals surface area contributed by atoms with Crippen LogP contribution in [0, 0.1) is 0 Å². The minimum Gasteiger partial charge on any atom is -0.353 e. The van der Waals surface area contributed by atoms with Crippen LogP contribution in [0.1, 0.15) is 40.2 Å². The quantitative estimate of drug-likeness (QED) is 0.588. The van der Waals surface area contributed by atoms with Crippen LogP contribution in [0.15, 0.2) is 42.1 Å². The number of amides is 1. The fourth-order valence-corrected chi connectivity index (χ4v) is 3.27. The fraction of sp³-hybridized carbons (Fsp3) is 0.450. The molecule has 6 heteroatoms. The largest absolute Gasteiger partial charge is 0.353 e. The number of hydrogen-bond acceptors (Lipinski definition) is 4. The van der Waals surface area contributed by atoms with E-state index in [2.05, 4.69) is 67.1 Å². The molecule has 0 bridgehead atoms. The lowest BCUT2D eigenvalue weighted by Gasteiger charge is -2.19. The van der Waals surface area contributed by atoms with Gasteiger partial charge in [0.05, 0.1) is 5.75 Å². The summed E-state index contributed by atoms with van der Waals surface area (Å²) < 4.78 is 1.99. The molecule has 0 saturated heterocycles. The first-order valence-electron chi connectivity index (χ1n) is 8.79. The van der Waals surface area contributed by atoms with Crippen LogP contribution in [0.25, 0.3) is 11.4 Å². The highest BCUT2D eigenvalue weighted by molar-refractivity contribution is 7.99. The van der Waals surface area contributed by atoms with Crippen LogP contribution >= 0.6 is 11.8 Å². The highest BCUT2D eigenvalue weighted by atomic mass is 32.2. The summed E-state index contributed by atoms with van der Waals surface area (Å²) in [5.74, 6) is 1.10. The second kappa shape index (κ2) is 8.54. The minimum atomic E-state index is -0.00534. The predicted octanol–water partition coefficient (Wildman–Crippen LogP) is 4.05. The molecule has 140 valence electrons. The zero-order chi connectivity index (χ0) is 19.3. The Bertz CT molecular complexity index is 757. The zero-order valence-corrected chi connectivity index (χ0v) is 17.1. The van der Waals surface area contributed by atoms with Gasteiger partial charge in [-0.25, -0.2) is 0 Å². The van der Waals surface area contributed by atoms with Crippen molar-refractivity contribution in [3.05, 3.63) is 42.5 Å². The molecule has 1 N–H and O–H groups in total. The number of allylic oxidation sites excluding steroid dienone is 1. The van der Waals surface area contributed by atoms with E-state index in [1.165, 1.54) is 17.3 Å². The summed E-state index contributed by atoms with van der Waals surface area (Å²) in [5, 5.41) is 12.2. The number of carbonyl (C=O) groups is 1. The van der Waals surface area contributed by atoms with Crippen LogP contribution < -0.4 is 5.32 Å². The van der Waals surface area contributed by atoms with Gasteiger partial charge in [-0.2, -0.15) is 0 Å². The lowest BCUT2D eigenvalue weighted by Crippen LogP contribution is -2.31. The summed E-state index contributed by atoms with van der Waals surface area (Å²) in [4.78, 5) is 11.9. The number of carbonyl (C=O) groups excluding carboxylic acids is 1. The third-order valence-electron chi connectivity index (χ3n) is 3.82. The van der Waals surface area contributed by atoms with Crippen LogP contribution in [0.2, 0.25) is 0 Å². The summed E-state index contributed by atoms with van der Waals surface area (Å²) in [7, 11) is 0. The van der Waals surface area contributed by atoms with Gasteiger partial charge in [0.1, 0.15) is 0 Å². The molecule has 0 fully saturated rings. The van der Waals surface area contributed by atoms with E-state index in [9.17, 15) is 4.79 Å². The molecule has 0 radical (unpaired) electrons. The van der Waals surface area contributed by atoms with Gasteiger partial charge in [0.25, 0.3) is 0 Å². The Balaban J connectivity index is 2.23. The van der Waals surface area contributed by atoms with Crippen molar-refractivity contribution in [3.8, 4) is 11.4 Å². The van der Waals surface area contributed by atoms with E-state index in [0.717, 1.165) is 16.5 Å². The zero-order valence-electron chi connectivity index (χ0n) is 16.2. The van der Waals surface area contributed by atoms with Crippen molar-refractivity contribution >= 4 is 17.7 Å². The Kier molecular flexibility index (Phi) is 6.64. The highest BCUT2D eigenvalue weighted by Gasteiger charge is 2.17. The first kappa shape index (κ1) is 20.2. The number of hydrogen-bond donors (Lipinski definition) is 1.